The SMILES string of the molecule is CC1(CO)CC=C(O)O1. The van der Waals surface area contributed by atoms with Crippen molar-refractivity contribution in [2.75, 3.05) is 6.61 Å². The summed E-state index contributed by atoms with van der Waals surface area (Å²) in [5.74, 6) is -0.0773. The van der Waals surface area contributed by atoms with E-state index in [1.54, 1.807) is 13.0 Å². The second-order valence-corrected chi connectivity index (χ2v) is 2.46. The van der Waals surface area contributed by atoms with E-state index in [1.807, 2.05) is 0 Å². The lowest BCUT2D eigenvalue weighted by Crippen LogP contribution is -2.28. The molecule has 2 N–H and O–H groups in total. The van der Waals surface area contributed by atoms with Gasteiger partial charge in [-0.3, -0.25) is 0 Å². The van der Waals surface area contributed by atoms with Crippen LogP contribution >= 0.6 is 0 Å². The van der Waals surface area contributed by atoms with Crippen molar-refractivity contribution in [2.45, 2.75) is 18.9 Å². The lowest BCUT2D eigenvalue weighted by atomic mass is 10.1. The summed E-state index contributed by atoms with van der Waals surface area (Å²) in [7, 11) is 0. The Morgan fingerprint density at radius 3 is 2.78 bits per heavy atom. The molecule has 3 nitrogen and oxygen atoms in total. The van der Waals surface area contributed by atoms with Crippen LogP contribution in [0.15, 0.2) is 12.0 Å². The van der Waals surface area contributed by atoms with Gasteiger partial charge >= 0.3 is 0 Å². The molecule has 3 heteroatoms. The molecule has 0 amide bonds. The summed E-state index contributed by atoms with van der Waals surface area (Å²) in [6.07, 6.45) is 2.13. The fraction of sp³-hybridized carbons (Fsp3) is 0.667. The van der Waals surface area contributed by atoms with E-state index in [-0.39, 0.29) is 12.6 Å². The van der Waals surface area contributed by atoms with Gasteiger partial charge in [0.25, 0.3) is 5.95 Å². The van der Waals surface area contributed by atoms with Crippen molar-refractivity contribution in [1.82, 2.24) is 0 Å². The standard InChI is InChI=1S/C6H10O3/c1-6(4-7)3-2-5(8)9-6/h2,7-8H,3-4H2,1H3. The predicted octanol–water partition coefficient (Wildman–Crippen LogP) is 0.557. The maximum absolute atomic E-state index is 8.72. The van der Waals surface area contributed by atoms with Crippen LogP contribution in [0.4, 0.5) is 0 Å². The van der Waals surface area contributed by atoms with Crippen molar-refractivity contribution in [3.05, 3.63) is 12.0 Å². The molecule has 0 spiro atoms. The summed E-state index contributed by atoms with van der Waals surface area (Å²) in [6.45, 7) is 1.68. The average Bonchev–Trinajstić information content (AvgIpc) is 2.13. The largest absolute Gasteiger partial charge is 0.481 e. The Bertz CT molecular complexity index is 141. The van der Waals surface area contributed by atoms with E-state index in [1.165, 1.54) is 0 Å². The lowest BCUT2D eigenvalue weighted by Gasteiger charge is -2.20. The van der Waals surface area contributed by atoms with Gasteiger partial charge in [0.15, 0.2) is 0 Å². The Labute approximate surface area is 53.6 Å². The number of hydrogen-bond acceptors (Lipinski definition) is 3. The summed E-state index contributed by atoms with van der Waals surface area (Å²) in [4.78, 5) is 0. The Morgan fingerprint density at radius 2 is 2.56 bits per heavy atom. The summed E-state index contributed by atoms with van der Waals surface area (Å²) in [6, 6.07) is 0. The third kappa shape index (κ3) is 1.16. The van der Waals surface area contributed by atoms with Crippen molar-refractivity contribution < 1.29 is 14.9 Å². The van der Waals surface area contributed by atoms with Gasteiger partial charge in [0.05, 0.1) is 6.61 Å². The van der Waals surface area contributed by atoms with E-state index >= 15 is 0 Å². The summed E-state index contributed by atoms with van der Waals surface area (Å²) >= 11 is 0. The molecule has 0 fully saturated rings. The fourth-order valence-corrected chi connectivity index (χ4v) is 0.736. The minimum atomic E-state index is -0.579. The number of hydrogen-bond donors (Lipinski definition) is 2. The topological polar surface area (TPSA) is 49.7 Å². The van der Waals surface area contributed by atoms with Crippen LogP contribution in [0.1, 0.15) is 13.3 Å². The van der Waals surface area contributed by atoms with Crippen molar-refractivity contribution >= 4 is 0 Å². The third-order valence-electron chi connectivity index (χ3n) is 1.39. The van der Waals surface area contributed by atoms with E-state index in [9.17, 15) is 0 Å². The van der Waals surface area contributed by atoms with Crippen molar-refractivity contribution in [1.29, 1.82) is 0 Å². The molecule has 9 heavy (non-hydrogen) atoms. The van der Waals surface area contributed by atoms with Gasteiger partial charge in [-0.1, -0.05) is 0 Å². The van der Waals surface area contributed by atoms with E-state index in [2.05, 4.69) is 0 Å². The molecule has 0 aromatic carbocycles. The van der Waals surface area contributed by atoms with Crippen LogP contribution in [-0.2, 0) is 4.74 Å². The van der Waals surface area contributed by atoms with Crippen LogP contribution < -0.4 is 0 Å². The Morgan fingerprint density at radius 1 is 1.89 bits per heavy atom. The van der Waals surface area contributed by atoms with Gasteiger partial charge in [0.1, 0.15) is 5.60 Å². The highest BCUT2D eigenvalue weighted by Crippen LogP contribution is 2.25. The van der Waals surface area contributed by atoms with Crippen LogP contribution in [0.5, 0.6) is 0 Å². The molecular formula is C6H10O3. The Hall–Kier alpha value is -0.700. The summed E-state index contributed by atoms with van der Waals surface area (Å²) < 4.78 is 4.86. The van der Waals surface area contributed by atoms with Gasteiger partial charge < -0.3 is 14.9 Å². The van der Waals surface area contributed by atoms with Gasteiger partial charge in [0, 0.05) is 12.5 Å². The first-order valence-electron chi connectivity index (χ1n) is 2.85. The molecule has 1 heterocycles. The van der Waals surface area contributed by atoms with Crippen molar-refractivity contribution in [3.63, 3.8) is 0 Å². The molecular weight excluding hydrogens is 120 g/mol. The Balaban J connectivity index is 2.53. The van der Waals surface area contributed by atoms with Crippen LogP contribution in [0, 0.1) is 0 Å². The van der Waals surface area contributed by atoms with E-state index < -0.39 is 5.60 Å². The molecule has 1 aliphatic rings. The second kappa shape index (κ2) is 1.92. The number of rotatable bonds is 1. The van der Waals surface area contributed by atoms with Crippen molar-refractivity contribution in [2.24, 2.45) is 0 Å². The molecule has 0 aromatic heterocycles. The molecule has 0 aromatic rings. The van der Waals surface area contributed by atoms with Crippen LogP contribution in [0.3, 0.4) is 0 Å². The molecule has 0 radical (unpaired) electrons. The van der Waals surface area contributed by atoms with E-state index in [0.29, 0.717) is 6.42 Å². The second-order valence-electron chi connectivity index (χ2n) is 2.46. The van der Waals surface area contributed by atoms with Crippen LogP contribution in [-0.4, -0.2) is 22.4 Å². The van der Waals surface area contributed by atoms with Gasteiger partial charge in [-0.15, -0.1) is 0 Å². The maximum Gasteiger partial charge on any atom is 0.273 e. The molecule has 1 unspecified atom stereocenters. The molecule has 1 atom stereocenters. The minimum absolute atomic E-state index is 0.0619. The van der Waals surface area contributed by atoms with Gasteiger partial charge in [-0.05, 0) is 6.92 Å². The highest BCUT2D eigenvalue weighted by Gasteiger charge is 2.30. The van der Waals surface area contributed by atoms with Gasteiger partial charge in [-0.25, -0.2) is 0 Å². The third-order valence-corrected chi connectivity index (χ3v) is 1.39. The number of aliphatic hydroxyl groups excluding tert-OH is 2. The first kappa shape index (κ1) is 6.42. The molecule has 0 saturated carbocycles. The lowest BCUT2D eigenvalue weighted by molar-refractivity contribution is -0.0471. The predicted molar refractivity (Wildman–Crippen MR) is 31.9 cm³/mol. The van der Waals surface area contributed by atoms with Crippen molar-refractivity contribution in [3.8, 4) is 0 Å². The van der Waals surface area contributed by atoms with E-state index in [0.717, 1.165) is 0 Å². The molecule has 0 bridgehead atoms. The van der Waals surface area contributed by atoms with E-state index in [4.69, 9.17) is 14.9 Å². The maximum atomic E-state index is 8.72. The molecule has 1 aliphatic heterocycles. The zero-order valence-electron chi connectivity index (χ0n) is 5.29. The minimum Gasteiger partial charge on any atom is -0.481 e. The average molecular weight is 130 g/mol. The molecule has 52 valence electrons. The van der Waals surface area contributed by atoms with Gasteiger partial charge in [0.2, 0.25) is 0 Å². The highest BCUT2D eigenvalue weighted by molar-refractivity contribution is 4.99. The quantitative estimate of drug-likeness (QED) is 0.545. The Kier molecular flexibility index (Phi) is 1.37. The highest BCUT2D eigenvalue weighted by atomic mass is 16.6. The molecule has 0 aliphatic carbocycles. The van der Waals surface area contributed by atoms with Gasteiger partial charge in [-0.2, -0.15) is 0 Å². The normalized spacial score (nSPS) is 33.8. The number of aliphatic hydroxyl groups is 2. The summed E-state index contributed by atoms with van der Waals surface area (Å²) in [5.41, 5.74) is -0.579. The zero-order chi connectivity index (χ0) is 6.91. The number of ether oxygens (including phenoxy) is 1. The molecule has 1 rings (SSSR count). The van der Waals surface area contributed by atoms with Crippen LogP contribution in [0.2, 0.25) is 0 Å². The fourth-order valence-electron chi connectivity index (χ4n) is 0.736. The monoisotopic (exact) mass is 130 g/mol. The zero-order valence-corrected chi connectivity index (χ0v) is 5.29. The first-order valence-corrected chi connectivity index (χ1v) is 2.85. The van der Waals surface area contributed by atoms with Crippen LogP contribution in [0.25, 0.3) is 0 Å². The summed E-state index contributed by atoms with van der Waals surface area (Å²) in [5, 5.41) is 17.4. The first-order chi connectivity index (χ1) is 4.16. The smallest absolute Gasteiger partial charge is 0.273 e. The molecule has 0 saturated heterocycles.